The molecule has 27 heavy (non-hydrogen) atoms. The Morgan fingerprint density at radius 3 is 2.89 bits per heavy atom. The summed E-state index contributed by atoms with van der Waals surface area (Å²) < 4.78 is 1.85. The van der Waals surface area contributed by atoms with Gasteiger partial charge in [0.2, 0.25) is 0 Å². The van der Waals surface area contributed by atoms with Gasteiger partial charge >= 0.3 is 0 Å². The van der Waals surface area contributed by atoms with E-state index in [1.807, 2.05) is 31.5 Å². The Morgan fingerprint density at radius 1 is 1.37 bits per heavy atom. The Balaban J connectivity index is 1.69. The number of carbonyl (C=O) groups is 1. The van der Waals surface area contributed by atoms with Crippen molar-refractivity contribution < 1.29 is 4.79 Å². The van der Waals surface area contributed by atoms with E-state index >= 15 is 0 Å². The van der Waals surface area contributed by atoms with Gasteiger partial charge in [0.25, 0.3) is 5.91 Å². The zero-order chi connectivity index (χ0) is 19.1. The lowest BCUT2D eigenvalue weighted by atomic mass is 9.96. The van der Waals surface area contributed by atoms with Gasteiger partial charge in [0.15, 0.2) is 5.65 Å². The van der Waals surface area contributed by atoms with Crippen LogP contribution in [-0.2, 0) is 12.8 Å². The summed E-state index contributed by atoms with van der Waals surface area (Å²) in [5.41, 5.74) is 3.70. The molecule has 0 saturated carbocycles. The first-order chi connectivity index (χ1) is 13.0. The van der Waals surface area contributed by atoms with Gasteiger partial charge < -0.3 is 5.32 Å². The van der Waals surface area contributed by atoms with Crippen LogP contribution >= 0.6 is 11.3 Å². The molecule has 0 spiro atoms. The Bertz CT molecular complexity index is 1090. The second kappa shape index (κ2) is 6.78. The number of hydrogen-bond acceptors (Lipinski definition) is 5. The van der Waals surface area contributed by atoms with Crippen molar-refractivity contribution in [2.45, 2.75) is 52.5 Å². The average Bonchev–Trinajstić information content (AvgIpc) is 3.20. The molecule has 138 valence electrons. The molecule has 3 aromatic heterocycles. The van der Waals surface area contributed by atoms with Crippen LogP contribution in [0.3, 0.4) is 0 Å². The minimum atomic E-state index is -0.228. The monoisotopic (exact) mass is 379 g/mol. The van der Waals surface area contributed by atoms with E-state index in [0.29, 0.717) is 21.8 Å². The van der Waals surface area contributed by atoms with E-state index in [1.165, 1.54) is 16.2 Å². The molecule has 7 heteroatoms. The lowest BCUT2D eigenvalue weighted by Gasteiger charge is -2.10. The molecule has 0 atom stereocenters. The first kappa shape index (κ1) is 17.7. The molecule has 6 nitrogen and oxygen atoms in total. The number of nitriles is 1. The first-order valence-corrected chi connectivity index (χ1v) is 10.0. The predicted octanol–water partition coefficient (Wildman–Crippen LogP) is 4.38. The van der Waals surface area contributed by atoms with Crippen molar-refractivity contribution >= 4 is 33.3 Å². The molecule has 1 aliphatic rings. The molecule has 0 fully saturated rings. The summed E-state index contributed by atoms with van der Waals surface area (Å²) in [6.45, 7) is 5.93. The summed E-state index contributed by atoms with van der Waals surface area (Å²) in [4.78, 5) is 18.8. The van der Waals surface area contributed by atoms with Gasteiger partial charge in [-0.1, -0.05) is 0 Å². The summed E-state index contributed by atoms with van der Waals surface area (Å²) in [5, 5.41) is 18.4. The zero-order valence-electron chi connectivity index (χ0n) is 15.7. The third-order valence-electron chi connectivity index (χ3n) is 5.00. The Hall–Kier alpha value is -2.72. The normalized spacial score (nSPS) is 13.6. The van der Waals surface area contributed by atoms with Crippen molar-refractivity contribution in [3.8, 4) is 6.07 Å². The maximum absolute atomic E-state index is 12.9. The molecule has 0 aromatic carbocycles. The van der Waals surface area contributed by atoms with Crippen molar-refractivity contribution in [3.05, 3.63) is 39.5 Å². The standard InChI is InChI=1S/C20H21N5OS/c1-11(2)25-18-13(10-22-25)8-15(12(3)23-18)19(26)24-20-16(9-21)14-6-4-5-7-17(14)27-20/h8,10-11H,4-7H2,1-3H3,(H,24,26). The molecule has 3 heterocycles. The van der Waals surface area contributed by atoms with E-state index in [2.05, 4.69) is 21.5 Å². The topological polar surface area (TPSA) is 83.6 Å². The van der Waals surface area contributed by atoms with Crippen LogP contribution in [0.1, 0.15) is 64.8 Å². The number of nitrogens with one attached hydrogen (secondary N) is 1. The number of aromatic nitrogens is 3. The van der Waals surface area contributed by atoms with Crippen molar-refractivity contribution in [1.29, 1.82) is 5.26 Å². The zero-order valence-corrected chi connectivity index (χ0v) is 16.5. The molecule has 0 aliphatic heterocycles. The number of anilines is 1. The second-order valence-electron chi connectivity index (χ2n) is 7.20. The van der Waals surface area contributed by atoms with Crippen LogP contribution in [0.2, 0.25) is 0 Å². The Morgan fingerprint density at radius 2 is 2.15 bits per heavy atom. The third kappa shape index (κ3) is 3.00. The van der Waals surface area contributed by atoms with Gasteiger partial charge in [-0.25, -0.2) is 9.67 Å². The van der Waals surface area contributed by atoms with Gasteiger partial charge in [0.1, 0.15) is 11.1 Å². The largest absolute Gasteiger partial charge is 0.312 e. The highest BCUT2D eigenvalue weighted by molar-refractivity contribution is 7.16. The molecule has 1 amide bonds. The number of carbonyl (C=O) groups excluding carboxylic acids is 1. The van der Waals surface area contributed by atoms with Crippen molar-refractivity contribution in [2.24, 2.45) is 0 Å². The van der Waals surface area contributed by atoms with Gasteiger partial charge in [-0.3, -0.25) is 4.79 Å². The van der Waals surface area contributed by atoms with Gasteiger partial charge in [0.05, 0.1) is 23.0 Å². The number of aryl methyl sites for hydroxylation is 2. The predicted molar refractivity (Wildman–Crippen MR) is 106 cm³/mol. The molecule has 0 radical (unpaired) electrons. The summed E-state index contributed by atoms with van der Waals surface area (Å²) in [6.07, 6.45) is 5.90. The molecule has 0 unspecified atom stereocenters. The van der Waals surface area contributed by atoms with E-state index in [1.54, 1.807) is 6.20 Å². The summed E-state index contributed by atoms with van der Waals surface area (Å²) >= 11 is 1.54. The lowest BCUT2D eigenvalue weighted by molar-refractivity contribution is 0.102. The number of amides is 1. The van der Waals surface area contributed by atoms with Gasteiger partial charge in [-0.2, -0.15) is 10.4 Å². The number of pyridine rings is 1. The van der Waals surface area contributed by atoms with Gasteiger partial charge in [-0.05, 0) is 58.1 Å². The number of hydrogen-bond donors (Lipinski definition) is 1. The maximum atomic E-state index is 12.9. The smallest absolute Gasteiger partial charge is 0.258 e. The van der Waals surface area contributed by atoms with E-state index in [-0.39, 0.29) is 11.9 Å². The Kier molecular flexibility index (Phi) is 4.44. The van der Waals surface area contributed by atoms with E-state index in [4.69, 9.17) is 0 Å². The van der Waals surface area contributed by atoms with Gasteiger partial charge in [0, 0.05) is 16.3 Å². The minimum absolute atomic E-state index is 0.199. The average molecular weight is 379 g/mol. The van der Waals surface area contributed by atoms with Crippen LogP contribution < -0.4 is 5.32 Å². The first-order valence-electron chi connectivity index (χ1n) is 9.20. The molecular weight excluding hydrogens is 358 g/mol. The van der Waals surface area contributed by atoms with Crippen molar-refractivity contribution in [2.75, 3.05) is 5.32 Å². The maximum Gasteiger partial charge on any atom is 0.258 e. The highest BCUT2D eigenvalue weighted by Crippen LogP contribution is 2.38. The van der Waals surface area contributed by atoms with Crippen LogP contribution in [0.25, 0.3) is 11.0 Å². The molecule has 1 N–H and O–H groups in total. The van der Waals surface area contributed by atoms with Crippen LogP contribution in [-0.4, -0.2) is 20.7 Å². The van der Waals surface area contributed by atoms with E-state index in [9.17, 15) is 10.1 Å². The third-order valence-corrected chi connectivity index (χ3v) is 6.21. The molecule has 0 saturated heterocycles. The fourth-order valence-electron chi connectivity index (χ4n) is 3.62. The van der Waals surface area contributed by atoms with E-state index in [0.717, 1.165) is 42.3 Å². The molecule has 4 rings (SSSR count). The lowest BCUT2D eigenvalue weighted by Crippen LogP contribution is -2.14. The molecular formula is C20H21N5OS. The number of rotatable bonds is 3. The summed E-state index contributed by atoms with van der Waals surface area (Å²) in [5.74, 6) is -0.228. The summed E-state index contributed by atoms with van der Waals surface area (Å²) in [6, 6.07) is 4.32. The quantitative estimate of drug-likeness (QED) is 0.732. The second-order valence-corrected chi connectivity index (χ2v) is 8.30. The van der Waals surface area contributed by atoms with Crippen LogP contribution in [0.5, 0.6) is 0 Å². The number of nitrogens with zero attached hydrogens (tertiary/aromatic N) is 4. The number of fused-ring (bicyclic) bond motifs is 2. The van der Waals surface area contributed by atoms with Crippen molar-refractivity contribution in [3.63, 3.8) is 0 Å². The van der Waals surface area contributed by atoms with Gasteiger partial charge in [-0.15, -0.1) is 11.3 Å². The molecule has 0 bridgehead atoms. The molecule has 3 aromatic rings. The van der Waals surface area contributed by atoms with E-state index < -0.39 is 0 Å². The fourth-order valence-corrected chi connectivity index (χ4v) is 4.85. The van der Waals surface area contributed by atoms with Crippen LogP contribution in [0.15, 0.2) is 12.3 Å². The number of thiophene rings is 1. The van der Waals surface area contributed by atoms with Crippen molar-refractivity contribution in [1.82, 2.24) is 14.8 Å². The summed E-state index contributed by atoms with van der Waals surface area (Å²) in [7, 11) is 0. The SMILES string of the molecule is Cc1nc2c(cnn2C(C)C)cc1C(=O)Nc1sc2c(c1C#N)CCCC2. The highest BCUT2D eigenvalue weighted by Gasteiger charge is 2.23. The van der Waals surface area contributed by atoms with Crippen LogP contribution in [0, 0.1) is 18.3 Å². The fraction of sp³-hybridized carbons (Fsp3) is 0.400. The van der Waals surface area contributed by atoms with Crippen LogP contribution in [0.4, 0.5) is 5.00 Å². The minimum Gasteiger partial charge on any atom is -0.312 e. The molecule has 1 aliphatic carbocycles. The highest BCUT2D eigenvalue weighted by atomic mass is 32.1. The Labute approximate surface area is 161 Å².